The van der Waals surface area contributed by atoms with Crippen molar-refractivity contribution in [1.82, 2.24) is 4.98 Å². The zero-order valence-corrected chi connectivity index (χ0v) is 9.16. The molecule has 0 aliphatic rings. The Morgan fingerprint density at radius 3 is 2.59 bits per heavy atom. The van der Waals surface area contributed by atoms with Gasteiger partial charge in [0.1, 0.15) is 0 Å². The Labute approximate surface area is 97.8 Å². The second-order valence-corrected chi connectivity index (χ2v) is 3.36. The van der Waals surface area contributed by atoms with Crippen LogP contribution >= 0.6 is 0 Å². The maximum Gasteiger partial charge on any atom is 0.277 e. The van der Waals surface area contributed by atoms with E-state index in [2.05, 4.69) is 4.98 Å². The fourth-order valence-corrected chi connectivity index (χ4v) is 1.54. The fraction of sp³-hybridized carbons (Fsp3) is 0.0833. The Morgan fingerprint density at radius 1 is 1.24 bits per heavy atom. The predicted octanol–water partition coefficient (Wildman–Crippen LogP) is 2.67. The minimum Gasteiger partial charge on any atom is -0.481 e. The number of aromatic nitrogens is 1. The van der Waals surface area contributed by atoms with Crippen molar-refractivity contribution in [1.29, 1.82) is 0 Å². The predicted molar refractivity (Wildman–Crippen MR) is 62.9 cm³/mol. The van der Waals surface area contributed by atoms with Crippen molar-refractivity contribution in [2.45, 2.75) is 0 Å². The lowest BCUT2D eigenvalue weighted by molar-refractivity contribution is -0.384. The van der Waals surface area contributed by atoms with Gasteiger partial charge in [0.2, 0.25) is 5.88 Å². The molecule has 0 spiro atoms. The topological polar surface area (TPSA) is 65.3 Å². The van der Waals surface area contributed by atoms with E-state index >= 15 is 0 Å². The maximum atomic E-state index is 10.9. The van der Waals surface area contributed by atoms with E-state index in [1.165, 1.54) is 13.2 Å². The van der Waals surface area contributed by atoms with Gasteiger partial charge in [0.15, 0.2) is 0 Å². The van der Waals surface area contributed by atoms with E-state index in [1.54, 1.807) is 36.5 Å². The van der Waals surface area contributed by atoms with Crippen LogP contribution in [0, 0.1) is 10.1 Å². The number of hydrogen-bond donors (Lipinski definition) is 0. The smallest absolute Gasteiger partial charge is 0.277 e. The quantitative estimate of drug-likeness (QED) is 0.600. The Hall–Kier alpha value is -2.43. The van der Waals surface area contributed by atoms with Crippen molar-refractivity contribution in [2.24, 2.45) is 0 Å². The van der Waals surface area contributed by atoms with Gasteiger partial charge in [-0.05, 0) is 12.1 Å². The highest BCUT2D eigenvalue weighted by atomic mass is 16.6. The van der Waals surface area contributed by atoms with Gasteiger partial charge < -0.3 is 4.74 Å². The third kappa shape index (κ3) is 2.23. The van der Waals surface area contributed by atoms with E-state index in [9.17, 15) is 10.1 Å². The summed E-state index contributed by atoms with van der Waals surface area (Å²) in [7, 11) is 1.52. The Bertz CT molecular complexity index is 538. The average Bonchev–Trinajstić information content (AvgIpc) is 2.39. The van der Waals surface area contributed by atoms with E-state index < -0.39 is 4.92 Å². The second-order valence-electron chi connectivity index (χ2n) is 3.36. The van der Waals surface area contributed by atoms with Crippen LogP contribution in [0.1, 0.15) is 0 Å². The van der Waals surface area contributed by atoms with Crippen LogP contribution in [0.15, 0.2) is 42.6 Å². The van der Waals surface area contributed by atoms with Crippen LogP contribution in [0.5, 0.6) is 5.88 Å². The third-order valence-electron chi connectivity index (χ3n) is 2.36. The summed E-state index contributed by atoms with van der Waals surface area (Å²) in [5.74, 6) is 0.479. The van der Waals surface area contributed by atoms with Crippen LogP contribution in [0.25, 0.3) is 11.1 Å². The lowest BCUT2D eigenvalue weighted by Gasteiger charge is -2.03. The van der Waals surface area contributed by atoms with Crippen LogP contribution in [-0.4, -0.2) is 17.0 Å². The molecule has 0 fully saturated rings. The molecule has 1 aromatic heterocycles. The normalized spacial score (nSPS) is 9.94. The number of benzene rings is 1. The first-order valence-electron chi connectivity index (χ1n) is 4.96. The maximum absolute atomic E-state index is 10.9. The highest BCUT2D eigenvalue weighted by Gasteiger charge is 2.14. The summed E-state index contributed by atoms with van der Waals surface area (Å²) in [5, 5.41) is 10.9. The zero-order valence-electron chi connectivity index (χ0n) is 9.16. The lowest BCUT2D eigenvalue weighted by atomic mass is 10.1. The Balaban J connectivity index is 2.48. The van der Waals surface area contributed by atoms with Crippen molar-refractivity contribution < 1.29 is 9.66 Å². The number of ether oxygens (including phenoxy) is 1. The molecule has 17 heavy (non-hydrogen) atoms. The molecule has 0 N–H and O–H groups in total. The van der Waals surface area contributed by atoms with Crippen LogP contribution in [0.4, 0.5) is 5.69 Å². The van der Waals surface area contributed by atoms with Crippen LogP contribution in [0.2, 0.25) is 0 Å². The molecule has 2 rings (SSSR count). The largest absolute Gasteiger partial charge is 0.481 e. The van der Waals surface area contributed by atoms with E-state index in [4.69, 9.17) is 4.74 Å². The van der Waals surface area contributed by atoms with Crippen molar-refractivity contribution in [3.63, 3.8) is 0 Å². The molecule has 1 aromatic carbocycles. The van der Waals surface area contributed by atoms with Crippen molar-refractivity contribution in [3.8, 4) is 17.0 Å². The molecule has 5 nitrogen and oxygen atoms in total. The Kier molecular flexibility index (Phi) is 3.00. The number of nitrogens with zero attached hydrogens (tertiary/aromatic N) is 2. The molecule has 0 saturated carbocycles. The molecule has 0 aliphatic heterocycles. The van der Waals surface area contributed by atoms with Gasteiger partial charge in [-0.1, -0.05) is 12.1 Å². The zero-order chi connectivity index (χ0) is 12.3. The SMILES string of the molecule is COc1ccc(-c2ccccc2[N+](=O)[O-])cn1. The number of nitro groups is 1. The molecule has 0 unspecified atom stereocenters. The third-order valence-corrected chi connectivity index (χ3v) is 2.36. The van der Waals surface area contributed by atoms with Crippen LogP contribution in [0.3, 0.4) is 0 Å². The molecule has 86 valence electrons. The van der Waals surface area contributed by atoms with Gasteiger partial charge in [-0.15, -0.1) is 0 Å². The van der Waals surface area contributed by atoms with Gasteiger partial charge >= 0.3 is 0 Å². The molecule has 5 heteroatoms. The molecule has 0 bridgehead atoms. The molecular weight excluding hydrogens is 220 g/mol. The highest BCUT2D eigenvalue weighted by molar-refractivity contribution is 5.72. The summed E-state index contributed by atoms with van der Waals surface area (Å²) < 4.78 is 4.94. The van der Waals surface area contributed by atoms with Gasteiger partial charge in [0.25, 0.3) is 5.69 Å². The molecule has 0 radical (unpaired) electrons. The van der Waals surface area contributed by atoms with Gasteiger partial charge in [-0.2, -0.15) is 0 Å². The molecule has 0 amide bonds. The second kappa shape index (κ2) is 4.61. The standard InChI is InChI=1S/C12H10N2O3/c1-17-12-7-6-9(8-13-12)10-4-2-3-5-11(10)14(15)16/h2-8H,1H3. The molecule has 0 saturated heterocycles. The number of para-hydroxylation sites is 1. The number of nitro benzene ring substituents is 1. The first kappa shape index (κ1) is 11.1. The molecule has 0 atom stereocenters. The minimum absolute atomic E-state index is 0.0690. The number of rotatable bonds is 3. The summed E-state index contributed by atoms with van der Waals surface area (Å²) in [6.07, 6.45) is 1.56. The minimum atomic E-state index is -0.403. The average molecular weight is 230 g/mol. The van der Waals surface area contributed by atoms with Crippen molar-refractivity contribution in [3.05, 3.63) is 52.7 Å². The van der Waals surface area contributed by atoms with Gasteiger partial charge in [0, 0.05) is 23.9 Å². The van der Waals surface area contributed by atoms with Crippen LogP contribution < -0.4 is 4.74 Å². The first-order chi connectivity index (χ1) is 8.22. The molecule has 2 aromatic rings. The summed E-state index contributed by atoms with van der Waals surface area (Å²) >= 11 is 0. The fourth-order valence-electron chi connectivity index (χ4n) is 1.54. The van der Waals surface area contributed by atoms with Gasteiger partial charge in [0.05, 0.1) is 17.6 Å². The summed E-state index contributed by atoms with van der Waals surface area (Å²) in [6.45, 7) is 0. The molecule has 0 aliphatic carbocycles. The lowest BCUT2D eigenvalue weighted by Crippen LogP contribution is -1.92. The van der Waals surface area contributed by atoms with Gasteiger partial charge in [-0.25, -0.2) is 4.98 Å². The van der Waals surface area contributed by atoms with Crippen LogP contribution in [-0.2, 0) is 0 Å². The van der Waals surface area contributed by atoms with E-state index in [0.29, 0.717) is 17.0 Å². The van der Waals surface area contributed by atoms with Crippen molar-refractivity contribution in [2.75, 3.05) is 7.11 Å². The number of hydrogen-bond acceptors (Lipinski definition) is 4. The molecule has 1 heterocycles. The summed E-state index contributed by atoms with van der Waals surface area (Å²) in [6, 6.07) is 9.98. The first-order valence-corrected chi connectivity index (χ1v) is 4.96. The van der Waals surface area contributed by atoms with E-state index in [-0.39, 0.29) is 5.69 Å². The number of methoxy groups -OCH3 is 1. The molecular formula is C12H10N2O3. The summed E-state index contributed by atoms with van der Waals surface area (Å²) in [4.78, 5) is 14.5. The van der Waals surface area contributed by atoms with Gasteiger partial charge in [-0.3, -0.25) is 10.1 Å². The number of pyridine rings is 1. The monoisotopic (exact) mass is 230 g/mol. The highest BCUT2D eigenvalue weighted by Crippen LogP contribution is 2.29. The van der Waals surface area contributed by atoms with E-state index in [1.807, 2.05) is 0 Å². The van der Waals surface area contributed by atoms with Crippen molar-refractivity contribution >= 4 is 5.69 Å². The Morgan fingerprint density at radius 2 is 2.00 bits per heavy atom. The van der Waals surface area contributed by atoms with E-state index in [0.717, 1.165) is 0 Å². The summed E-state index contributed by atoms with van der Waals surface area (Å²) in [5.41, 5.74) is 1.31.